The van der Waals surface area contributed by atoms with Crippen LogP contribution in [0.2, 0.25) is 0 Å². The van der Waals surface area contributed by atoms with Gasteiger partial charge in [-0.1, -0.05) is 19.1 Å². The maximum atomic E-state index is 12.7. The quantitative estimate of drug-likeness (QED) is 0.901. The third-order valence-corrected chi connectivity index (χ3v) is 5.43. The van der Waals surface area contributed by atoms with E-state index in [1.165, 1.54) is 5.56 Å². The maximum absolute atomic E-state index is 12.7. The molecule has 0 bridgehead atoms. The number of hydrogen-bond acceptors (Lipinski definition) is 5. The molecule has 2 aromatic rings. The van der Waals surface area contributed by atoms with Crippen LogP contribution in [-0.2, 0) is 28.8 Å². The molecule has 1 N–H and O–H groups in total. The Morgan fingerprint density at radius 2 is 2.04 bits per heavy atom. The maximum Gasteiger partial charge on any atom is 0.227 e. The third-order valence-electron chi connectivity index (χ3n) is 5.43. The van der Waals surface area contributed by atoms with Crippen molar-refractivity contribution in [1.82, 2.24) is 9.97 Å². The summed E-state index contributed by atoms with van der Waals surface area (Å²) in [7, 11) is 0. The summed E-state index contributed by atoms with van der Waals surface area (Å²) in [4.78, 5) is 24.1. The van der Waals surface area contributed by atoms with E-state index in [1.54, 1.807) is 0 Å². The average molecular weight is 366 g/mol. The number of hydrogen-bond donors (Lipinski definition) is 1. The lowest BCUT2D eigenvalue weighted by molar-refractivity contribution is -0.120. The predicted octanol–water partition coefficient (Wildman–Crippen LogP) is 2.62. The van der Waals surface area contributed by atoms with Crippen LogP contribution in [0.5, 0.6) is 0 Å². The number of aromatic nitrogens is 2. The normalized spacial score (nSPS) is 19.4. The molecule has 0 spiro atoms. The zero-order valence-electron chi connectivity index (χ0n) is 15.8. The molecular formula is C21H26N4O2. The van der Waals surface area contributed by atoms with E-state index < -0.39 is 0 Å². The van der Waals surface area contributed by atoms with E-state index in [-0.39, 0.29) is 11.8 Å². The molecule has 1 aromatic heterocycles. The van der Waals surface area contributed by atoms with Gasteiger partial charge in [0, 0.05) is 36.6 Å². The Labute approximate surface area is 160 Å². The van der Waals surface area contributed by atoms with E-state index in [9.17, 15) is 4.79 Å². The van der Waals surface area contributed by atoms with Gasteiger partial charge in [-0.2, -0.15) is 0 Å². The van der Waals surface area contributed by atoms with Gasteiger partial charge in [0.2, 0.25) is 11.9 Å². The highest BCUT2D eigenvalue weighted by molar-refractivity contribution is 5.92. The Hall–Kier alpha value is -2.47. The second kappa shape index (κ2) is 8.05. The van der Waals surface area contributed by atoms with Crippen LogP contribution in [0, 0.1) is 5.92 Å². The number of benzene rings is 1. The molecule has 1 amide bonds. The van der Waals surface area contributed by atoms with Crippen LogP contribution < -0.4 is 10.2 Å². The average Bonchev–Trinajstić information content (AvgIpc) is 2.74. The first kappa shape index (κ1) is 17.9. The number of amides is 1. The van der Waals surface area contributed by atoms with E-state index >= 15 is 0 Å². The Morgan fingerprint density at radius 1 is 1.26 bits per heavy atom. The molecule has 0 unspecified atom stereocenters. The number of anilines is 2. The van der Waals surface area contributed by atoms with Gasteiger partial charge in [0.1, 0.15) is 0 Å². The van der Waals surface area contributed by atoms with Crippen LogP contribution in [0.25, 0.3) is 0 Å². The van der Waals surface area contributed by atoms with Gasteiger partial charge in [-0.05, 0) is 48.9 Å². The molecule has 1 fully saturated rings. The van der Waals surface area contributed by atoms with Crippen LogP contribution >= 0.6 is 0 Å². The minimum atomic E-state index is -0.0267. The number of morpholine rings is 1. The lowest BCUT2D eigenvalue weighted by Crippen LogP contribution is -2.38. The summed E-state index contributed by atoms with van der Waals surface area (Å²) < 4.78 is 5.39. The zero-order valence-corrected chi connectivity index (χ0v) is 15.8. The molecule has 2 aliphatic rings. The minimum absolute atomic E-state index is 0.0267. The van der Waals surface area contributed by atoms with Crippen LogP contribution in [0.15, 0.2) is 30.5 Å². The minimum Gasteiger partial charge on any atom is -0.378 e. The fourth-order valence-corrected chi connectivity index (χ4v) is 3.70. The van der Waals surface area contributed by atoms with Crippen molar-refractivity contribution in [2.24, 2.45) is 5.92 Å². The zero-order chi connectivity index (χ0) is 18.6. The number of ether oxygens (including phenoxy) is 1. The second-order valence-electron chi connectivity index (χ2n) is 7.22. The van der Waals surface area contributed by atoms with Gasteiger partial charge in [0.15, 0.2) is 0 Å². The molecule has 1 aromatic carbocycles. The molecule has 27 heavy (non-hydrogen) atoms. The summed E-state index contributed by atoms with van der Waals surface area (Å²) in [5, 5.41) is 3.05. The standard InChI is InChI=1S/C21H26N4O2/c1-2-15-3-6-18(7-4-15)23-20(26)16-5-8-19-17(13-16)14-22-21(24-19)25-9-11-27-12-10-25/h3-4,6-7,14,16H,2,5,8-13H2,1H3,(H,23,26)/t16-/m1/s1. The van der Waals surface area contributed by atoms with Gasteiger partial charge >= 0.3 is 0 Å². The van der Waals surface area contributed by atoms with E-state index in [4.69, 9.17) is 9.72 Å². The highest BCUT2D eigenvalue weighted by Gasteiger charge is 2.27. The highest BCUT2D eigenvalue weighted by Crippen LogP contribution is 2.26. The van der Waals surface area contributed by atoms with Gasteiger partial charge in [0.25, 0.3) is 0 Å². The lowest BCUT2D eigenvalue weighted by atomic mass is 9.86. The Kier molecular flexibility index (Phi) is 5.34. The van der Waals surface area contributed by atoms with Crippen molar-refractivity contribution < 1.29 is 9.53 Å². The van der Waals surface area contributed by atoms with Crippen molar-refractivity contribution in [2.75, 3.05) is 36.5 Å². The van der Waals surface area contributed by atoms with Crippen molar-refractivity contribution in [1.29, 1.82) is 0 Å². The van der Waals surface area contributed by atoms with Crippen LogP contribution in [0.4, 0.5) is 11.6 Å². The summed E-state index contributed by atoms with van der Waals surface area (Å²) in [6, 6.07) is 8.08. The van der Waals surface area contributed by atoms with Crippen molar-refractivity contribution in [3.8, 4) is 0 Å². The molecule has 2 heterocycles. The summed E-state index contributed by atoms with van der Waals surface area (Å²) in [6.07, 6.45) is 5.26. The van der Waals surface area contributed by atoms with Crippen LogP contribution in [0.3, 0.4) is 0 Å². The first-order valence-electron chi connectivity index (χ1n) is 9.80. The first-order chi connectivity index (χ1) is 13.2. The molecule has 1 saturated heterocycles. The van der Waals surface area contributed by atoms with Crippen molar-refractivity contribution >= 4 is 17.5 Å². The molecule has 1 atom stereocenters. The van der Waals surface area contributed by atoms with E-state index in [1.807, 2.05) is 18.3 Å². The number of carbonyl (C=O) groups excluding carboxylic acids is 1. The molecule has 1 aliphatic carbocycles. The number of rotatable bonds is 4. The van der Waals surface area contributed by atoms with Gasteiger partial charge < -0.3 is 15.0 Å². The number of aryl methyl sites for hydroxylation is 2. The van der Waals surface area contributed by atoms with Gasteiger partial charge in [-0.15, -0.1) is 0 Å². The molecule has 6 nitrogen and oxygen atoms in total. The smallest absolute Gasteiger partial charge is 0.227 e. The van der Waals surface area contributed by atoms with Gasteiger partial charge in [0.05, 0.1) is 13.2 Å². The van der Waals surface area contributed by atoms with Crippen molar-refractivity contribution in [2.45, 2.75) is 32.6 Å². The fourth-order valence-electron chi connectivity index (χ4n) is 3.70. The molecule has 1 aliphatic heterocycles. The van der Waals surface area contributed by atoms with Gasteiger partial charge in [-0.3, -0.25) is 4.79 Å². The number of nitrogens with zero attached hydrogens (tertiary/aromatic N) is 3. The van der Waals surface area contributed by atoms with Crippen molar-refractivity contribution in [3.05, 3.63) is 47.3 Å². The number of nitrogens with one attached hydrogen (secondary N) is 1. The van der Waals surface area contributed by atoms with Crippen molar-refractivity contribution in [3.63, 3.8) is 0 Å². The van der Waals surface area contributed by atoms with Gasteiger partial charge in [-0.25, -0.2) is 9.97 Å². The van der Waals surface area contributed by atoms with Crippen LogP contribution in [0.1, 0.15) is 30.2 Å². The lowest BCUT2D eigenvalue weighted by Gasteiger charge is -2.28. The molecule has 142 valence electrons. The SMILES string of the molecule is CCc1ccc(NC(=O)[C@@H]2CCc3nc(N4CCOCC4)ncc3C2)cc1. The summed E-state index contributed by atoms with van der Waals surface area (Å²) in [5.74, 6) is 0.847. The molecular weight excluding hydrogens is 340 g/mol. The van der Waals surface area contributed by atoms with Crippen LogP contribution in [-0.4, -0.2) is 42.2 Å². The topological polar surface area (TPSA) is 67.4 Å². The third kappa shape index (κ3) is 4.11. The Morgan fingerprint density at radius 3 is 2.78 bits per heavy atom. The second-order valence-corrected chi connectivity index (χ2v) is 7.22. The molecule has 0 radical (unpaired) electrons. The number of carbonyl (C=O) groups is 1. The van der Waals surface area contributed by atoms with E-state index in [0.29, 0.717) is 6.42 Å². The van der Waals surface area contributed by atoms with E-state index in [2.05, 4.69) is 34.3 Å². The fraction of sp³-hybridized carbons (Fsp3) is 0.476. The monoisotopic (exact) mass is 366 g/mol. The largest absolute Gasteiger partial charge is 0.378 e. The predicted molar refractivity (Wildman–Crippen MR) is 105 cm³/mol. The number of fused-ring (bicyclic) bond motifs is 1. The Bertz CT molecular complexity index is 800. The molecule has 4 rings (SSSR count). The summed E-state index contributed by atoms with van der Waals surface area (Å²) in [5.41, 5.74) is 4.32. The Balaban J connectivity index is 1.40. The summed E-state index contributed by atoms with van der Waals surface area (Å²) in [6.45, 7) is 5.24. The molecule has 0 saturated carbocycles. The molecule has 6 heteroatoms. The van der Waals surface area contributed by atoms with E-state index in [0.717, 1.165) is 68.5 Å². The highest BCUT2D eigenvalue weighted by atomic mass is 16.5. The summed E-state index contributed by atoms with van der Waals surface area (Å²) >= 11 is 0. The first-order valence-corrected chi connectivity index (χ1v) is 9.80.